The van der Waals surface area contributed by atoms with Crippen molar-refractivity contribution in [2.75, 3.05) is 5.32 Å². The molecule has 0 bridgehead atoms. The molecule has 158 valence electrons. The van der Waals surface area contributed by atoms with Crippen LogP contribution in [-0.4, -0.2) is 25.5 Å². The van der Waals surface area contributed by atoms with Crippen LogP contribution in [0.1, 0.15) is 32.9 Å². The summed E-state index contributed by atoms with van der Waals surface area (Å²) in [5.74, 6) is -0.498. The van der Waals surface area contributed by atoms with Gasteiger partial charge in [0.15, 0.2) is 0 Å². The number of hydrogen-bond acceptors (Lipinski definition) is 3. The summed E-state index contributed by atoms with van der Waals surface area (Å²) in [5.41, 5.74) is 4.15. The maximum atomic E-state index is 14.0. The molecule has 0 saturated heterocycles. The van der Waals surface area contributed by atoms with E-state index in [2.05, 4.69) is 31.4 Å². The van der Waals surface area contributed by atoms with Crippen molar-refractivity contribution < 1.29 is 9.18 Å². The van der Waals surface area contributed by atoms with Gasteiger partial charge in [0.2, 0.25) is 0 Å². The van der Waals surface area contributed by atoms with E-state index in [1.54, 1.807) is 39.8 Å². The monoisotopic (exact) mass is 481 g/mol. The quantitative estimate of drug-likeness (QED) is 0.423. The van der Waals surface area contributed by atoms with Crippen molar-refractivity contribution in [1.29, 1.82) is 0 Å². The van der Waals surface area contributed by atoms with Crippen LogP contribution in [0.25, 0.3) is 0 Å². The number of aromatic nitrogens is 4. The number of benzene rings is 2. The molecule has 0 aliphatic carbocycles. The van der Waals surface area contributed by atoms with E-state index >= 15 is 0 Å². The van der Waals surface area contributed by atoms with E-state index in [-0.39, 0.29) is 11.7 Å². The number of anilines is 1. The Hall–Kier alpha value is -3.26. The second kappa shape index (κ2) is 8.85. The molecular formula is C23H21BrFN5O. The van der Waals surface area contributed by atoms with Gasteiger partial charge >= 0.3 is 0 Å². The molecular weight excluding hydrogens is 461 g/mol. The lowest BCUT2D eigenvalue weighted by Gasteiger charge is -2.09. The Morgan fingerprint density at radius 3 is 2.68 bits per heavy atom. The maximum Gasteiger partial charge on any atom is 0.255 e. The highest BCUT2D eigenvalue weighted by Crippen LogP contribution is 2.22. The van der Waals surface area contributed by atoms with E-state index in [0.717, 1.165) is 15.7 Å². The summed E-state index contributed by atoms with van der Waals surface area (Å²) >= 11 is 3.38. The van der Waals surface area contributed by atoms with Crippen molar-refractivity contribution in [3.8, 4) is 0 Å². The maximum absolute atomic E-state index is 14.0. The van der Waals surface area contributed by atoms with Crippen LogP contribution in [0.2, 0.25) is 0 Å². The van der Waals surface area contributed by atoms with Crippen molar-refractivity contribution in [2.45, 2.75) is 26.9 Å². The first-order valence-corrected chi connectivity index (χ1v) is 10.6. The molecule has 0 saturated carbocycles. The molecule has 0 atom stereocenters. The molecule has 1 amide bonds. The van der Waals surface area contributed by atoms with Crippen LogP contribution in [-0.2, 0) is 13.1 Å². The Morgan fingerprint density at radius 1 is 1.13 bits per heavy atom. The Bertz CT molecular complexity index is 1250. The first-order chi connectivity index (χ1) is 14.9. The van der Waals surface area contributed by atoms with Crippen molar-refractivity contribution in [3.63, 3.8) is 0 Å². The van der Waals surface area contributed by atoms with Gasteiger partial charge in [0.1, 0.15) is 5.82 Å². The average molecular weight is 482 g/mol. The summed E-state index contributed by atoms with van der Waals surface area (Å²) in [7, 11) is 0. The molecule has 2 aromatic carbocycles. The molecule has 0 unspecified atom stereocenters. The van der Waals surface area contributed by atoms with Gasteiger partial charge in [-0.25, -0.2) is 4.39 Å². The molecule has 4 rings (SSSR count). The van der Waals surface area contributed by atoms with E-state index < -0.39 is 0 Å². The lowest BCUT2D eigenvalue weighted by atomic mass is 10.1. The van der Waals surface area contributed by atoms with E-state index in [1.165, 1.54) is 6.07 Å². The lowest BCUT2D eigenvalue weighted by molar-refractivity contribution is 0.102. The molecule has 31 heavy (non-hydrogen) atoms. The van der Waals surface area contributed by atoms with Gasteiger partial charge in [0, 0.05) is 17.3 Å². The number of nitrogens with one attached hydrogen (secondary N) is 1. The van der Waals surface area contributed by atoms with E-state index in [0.29, 0.717) is 35.6 Å². The number of carbonyl (C=O) groups is 1. The third kappa shape index (κ3) is 4.74. The fourth-order valence-corrected chi connectivity index (χ4v) is 3.76. The molecule has 0 aliphatic heterocycles. The van der Waals surface area contributed by atoms with Crippen molar-refractivity contribution in [3.05, 3.63) is 99.3 Å². The van der Waals surface area contributed by atoms with E-state index in [1.807, 2.05) is 38.2 Å². The van der Waals surface area contributed by atoms with E-state index in [9.17, 15) is 9.18 Å². The largest absolute Gasteiger partial charge is 0.319 e. The summed E-state index contributed by atoms with van der Waals surface area (Å²) < 4.78 is 18.4. The summed E-state index contributed by atoms with van der Waals surface area (Å²) in [5, 5.41) is 11.7. The highest BCUT2D eigenvalue weighted by Gasteiger charge is 2.16. The topological polar surface area (TPSA) is 64.7 Å². The van der Waals surface area contributed by atoms with Crippen LogP contribution in [0.4, 0.5) is 10.1 Å². The third-order valence-corrected chi connectivity index (χ3v) is 5.44. The zero-order chi connectivity index (χ0) is 22.0. The molecule has 0 fully saturated rings. The third-order valence-electron chi connectivity index (χ3n) is 5.03. The SMILES string of the molecule is Cc1nn(Cc2ccccc2F)c(C)c1NC(=O)c1cccc(Cn2cc(Br)cn2)c1. The average Bonchev–Trinajstić information content (AvgIpc) is 3.27. The van der Waals surface area contributed by atoms with Crippen LogP contribution in [0, 0.1) is 19.7 Å². The molecule has 1 N–H and O–H groups in total. The zero-order valence-electron chi connectivity index (χ0n) is 17.1. The Kier molecular flexibility index (Phi) is 5.99. The Balaban J connectivity index is 1.52. The van der Waals surface area contributed by atoms with Crippen molar-refractivity contribution >= 4 is 27.5 Å². The number of carbonyl (C=O) groups excluding carboxylic acids is 1. The van der Waals surface area contributed by atoms with E-state index in [4.69, 9.17) is 0 Å². The van der Waals surface area contributed by atoms with Gasteiger partial charge in [-0.1, -0.05) is 30.3 Å². The van der Waals surface area contributed by atoms with Gasteiger partial charge in [-0.3, -0.25) is 14.2 Å². The lowest BCUT2D eigenvalue weighted by Crippen LogP contribution is -2.14. The normalized spacial score (nSPS) is 11.0. The summed E-state index contributed by atoms with van der Waals surface area (Å²) in [6.07, 6.45) is 3.60. The van der Waals surface area contributed by atoms with Crippen molar-refractivity contribution in [1.82, 2.24) is 19.6 Å². The number of amides is 1. The van der Waals surface area contributed by atoms with Gasteiger partial charge in [0.25, 0.3) is 5.91 Å². The van der Waals surface area contributed by atoms with Gasteiger partial charge in [-0.05, 0) is 53.5 Å². The van der Waals surface area contributed by atoms with Crippen LogP contribution in [0.5, 0.6) is 0 Å². The summed E-state index contributed by atoms with van der Waals surface area (Å²) in [6.45, 7) is 4.55. The minimum atomic E-state index is -0.276. The van der Waals surface area contributed by atoms with Crippen molar-refractivity contribution in [2.24, 2.45) is 0 Å². The molecule has 4 aromatic rings. The van der Waals surface area contributed by atoms with Crippen LogP contribution in [0.15, 0.2) is 65.4 Å². The smallest absolute Gasteiger partial charge is 0.255 e. The van der Waals surface area contributed by atoms with Gasteiger partial charge in [0.05, 0.1) is 40.8 Å². The first-order valence-electron chi connectivity index (χ1n) is 9.76. The summed E-state index contributed by atoms with van der Waals surface area (Å²) in [4.78, 5) is 12.9. The van der Waals surface area contributed by atoms with Gasteiger partial charge in [-0.2, -0.15) is 10.2 Å². The molecule has 6 nitrogen and oxygen atoms in total. The molecule has 2 aromatic heterocycles. The minimum Gasteiger partial charge on any atom is -0.319 e. The highest BCUT2D eigenvalue weighted by molar-refractivity contribution is 9.10. The van der Waals surface area contributed by atoms with Crippen LogP contribution < -0.4 is 5.32 Å². The number of rotatable bonds is 6. The number of aryl methyl sites for hydroxylation is 1. The van der Waals surface area contributed by atoms with Crippen LogP contribution >= 0.6 is 15.9 Å². The predicted molar refractivity (Wildman–Crippen MR) is 121 cm³/mol. The number of halogens is 2. The van der Waals surface area contributed by atoms with Crippen LogP contribution in [0.3, 0.4) is 0 Å². The highest BCUT2D eigenvalue weighted by atomic mass is 79.9. The second-order valence-electron chi connectivity index (χ2n) is 7.31. The Labute approximate surface area is 187 Å². The standard InChI is InChI=1S/C23H21BrFN5O/c1-15-22(16(2)30(28-15)13-19-7-3-4-9-21(19)25)27-23(31)18-8-5-6-17(10-18)12-29-14-20(24)11-26-29/h3-11,14H,12-13H2,1-2H3,(H,27,31). The molecule has 2 heterocycles. The number of hydrogen-bond donors (Lipinski definition) is 1. The second-order valence-corrected chi connectivity index (χ2v) is 8.22. The minimum absolute atomic E-state index is 0.222. The first kappa shape index (κ1) is 21.0. The molecule has 8 heteroatoms. The molecule has 0 radical (unpaired) electrons. The fourth-order valence-electron chi connectivity index (χ4n) is 3.43. The number of nitrogens with zero attached hydrogens (tertiary/aromatic N) is 4. The van der Waals surface area contributed by atoms with Gasteiger partial charge < -0.3 is 5.32 Å². The fraction of sp³-hybridized carbons (Fsp3) is 0.174. The molecule has 0 aliphatic rings. The Morgan fingerprint density at radius 2 is 1.94 bits per heavy atom. The zero-order valence-corrected chi connectivity index (χ0v) is 18.7. The van der Waals surface area contributed by atoms with Gasteiger partial charge in [-0.15, -0.1) is 0 Å². The summed E-state index contributed by atoms with van der Waals surface area (Å²) in [6, 6.07) is 14.0. The molecule has 0 spiro atoms. The predicted octanol–water partition coefficient (Wildman–Crippen LogP) is 4.95.